The van der Waals surface area contributed by atoms with Crippen LogP contribution < -0.4 is 4.74 Å². The Kier molecular flexibility index (Phi) is 3.57. The fourth-order valence-electron chi connectivity index (χ4n) is 1.82. The van der Waals surface area contributed by atoms with Crippen LogP contribution in [0.2, 0.25) is 0 Å². The Morgan fingerprint density at radius 3 is 3.00 bits per heavy atom. The van der Waals surface area contributed by atoms with E-state index in [1.165, 1.54) is 18.1 Å². The van der Waals surface area contributed by atoms with Gasteiger partial charge in [-0.25, -0.2) is 0 Å². The molecule has 8 nitrogen and oxygen atoms in total. The predicted molar refractivity (Wildman–Crippen MR) is 54.2 cm³/mol. The minimum atomic E-state index is -1.11. The van der Waals surface area contributed by atoms with E-state index in [1.807, 2.05) is 0 Å². The van der Waals surface area contributed by atoms with Gasteiger partial charge in [0, 0.05) is 6.42 Å². The van der Waals surface area contributed by atoms with Crippen LogP contribution in [0.4, 0.5) is 0 Å². The van der Waals surface area contributed by atoms with Gasteiger partial charge in [-0.2, -0.15) is 14.8 Å². The molecule has 0 amide bonds. The van der Waals surface area contributed by atoms with Crippen LogP contribution in [0, 0.1) is 0 Å². The summed E-state index contributed by atoms with van der Waals surface area (Å²) in [7, 11) is 1.44. The number of hydrogen-bond donors (Lipinski definition) is 3. The largest absolute Gasteiger partial charge is 0.467 e. The van der Waals surface area contributed by atoms with Gasteiger partial charge in [0.05, 0.1) is 19.8 Å². The number of aromatic nitrogens is 3. The molecule has 1 aromatic rings. The van der Waals surface area contributed by atoms with Crippen LogP contribution in [-0.4, -0.2) is 62.1 Å². The van der Waals surface area contributed by atoms with E-state index in [-0.39, 0.29) is 19.0 Å². The maximum atomic E-state index is 9.67. The summed E-state index contributed by atoms with van der Waals surface area (Å²) in [6.45, 7) is -0.383. The molecular formula is C9H15N3O5. The number of aliphatic hydroxyl groups excluding tert-OH is 3. The van der Waals surface area contributed by atoms with E-state index in [4.69, 9.17) is 14.6 Å². The normalized spacial score (nSPS) is 33.6. The van der Waals surface area contributed by atoms with Gasteiger partial charge in [-0.15, -0.1) is 0 Å². The average Bonchev–Trinajstić information content (AvgIpc) is 2.80. The second-order valence-corrected chi connectivity index (χ2v) is 3.80. The second kappa shape index (κ2) is 4.96. The highest BCUT2D eigenvalue weighted by Gasteiger charge is 2.38. The third kappa shape index (κ3) is 2.25. The standard InChI is InChI=1S/C9H15N3O5/c1-16-9-10-4-11-12(9)7-2-5(14)8(15)6(3-13)17-7/h4-8,13-15H,2-3H2,1H3/t5-,6-,7+,8+/m1/s1. The Labute approximate surface area is 97.4 Å². The predicted octanol–water partition coefficient (Wildman–Crippen LogP) is -1.71. The van der Waals surface area contributed by atoms with Gasteiger partial charge in [-0.3, -0.25) is 0 Å². The summed E-state index contributed by atoms with van der Waals surface area (Å²) in [4.78, 5) is 3.85. The lowest BCUT2D eigenvalue weighted by Gasteiger charge is -2.36. The molecule has 8 heteroatoms. The molecule has 0 radical (unpaired) electrons. The Bertz CT molecular complexity index is 371. The molecular weight excluding hydrogens is 230 g/mol. The zero-order valence-corrected chi connectivity index (χ0v) is 9.30. The minimum absolute atomic E-state index is 0.150. The van der Waals surface area contributed by atoms with Gasteiger partial charge in [-0.05, 0) is 0 Å². The number of hydrogen-bond acceptors (Lipinski definition) is 7. The lowest BCUT2D eigenvalue weighted by atomic mass is 10.0. The summed E-state index contributed by atoms with van der Waals surface area (Å²) in [5.41, 5.74) is 0. The molecule has 1 saturated heterocycles. The van der Waals surface area contributed by atoms with Gasteiger partial charge in [0.15, 0.2) is 6.23 Å². The Hall–Kier alpha value is -1.22. The van der Waals surface area contributed by atoms with E-state index in [0.717, 1.165) is 0 Å². The minimum Gasteiger partial charge on any atom is -0.467 e. The molecule has 4 atom stereocenters. The first kappa shape index (κ1) is 12.2. The van der Waals surface area contributed by atoms with Crippen molar-refractivity contribution in [1.29, 1.82) is 0 Å². The molecule has 1 fully saturated rings. The van der Waals surface area contributed by atoms with Crippen LogP contribution in [0.1, 0.15) is 12.6 Å². The maximum absolute atomic E-state index is 9.67. The summed E-state index contributed by atoms with van der Waals surface area (Å²) >= 11 is 0. The molecule has 1 aliphatic heterocycles. The molecule has 2 heterocycles. The highest BCUT2D eigenvalue weighted by atomic mass is 16.5. The lowest BCUT2D eigenvalue weighted by molar-refractivity contribution is -0.204. The van der Waals surface area contributed by atoms with E-state index in [9.17, 15) is 10.2 Å². The van der Waals surface area contributed by atoms with Gasteiger partial charge in [0.1, 0.15) is 18.5 Å². The van der Waals surface area contributed by atoms with E-state index >= 15 is 0 Å². The molecule has 0 unspecified atom stereocenters. The van der Waals surface area contributed by atoms with Gasteiger partial charge in [0.25, 0.3) is 0 Å². The van der Waals surface area contributed by atoms with Crippen molar-refractivity contribution in [2.24, 2.45) is 0 Å². The van der Waals surface area contributed by atoms with Crippen LogP contribution in [0.25, 0.3) is 0 Å². The molecule has 1 aliphatic rings. The Morgan fingerprint density at radius 2 is 2.35 bits per heavy atom. The quantitative estimate of drug-likeness (QED) is 0.581. The lowest BCUT2D eigenvalue weighted by Crippen LogP contribution is -2.48. The Balaban J connectivity index is 2.17. The van der Waals surface area contributed by atoms with Crippen molar-refractivity contribution in [3.63, 3.8) is 0 Å². The zero-order chi connectivity index (χ0) is 12.4. The molecule has 0 spiro atoms. The van der Waals surface area contributed by atoms with Crippen molar-refractivity contribution in [3.8, 4) is 6.01 Å². The fourth-order valence-corrected chi connectivity index (χ4v) is 1.82. The number of methoxy groups -OCH3 is 1. The Morgan fingerprint density at radius 1 is 1.59 bits per heavy atom. The van der Waals surface area contributed by atoms with Crippen molar-refractivity contribution in [1.82, 2.24) is 14.8 Å². The van der Waals surface area contributed by atoms with Crippen molar-refractivity contribution in [2.75, 3.05) is 13.7 Å². The summed E-state index contributed by atoms with van der Waals surface area (Å²) in [6, 6.07) is 0.246. The van der Waals surface area contributed by atoms with E-state index in [1.54, 1.807) is 0 Å². The molecule has 3 N–H and O–H groups in total. The van der Waals surface area contributed by atoms with E-state index in [2.05, 4.69) is 10.1 Å². The number of rotatable bonds is 3. The van der Waals surface area contributed by atoms with Gasteiger partial charge in [0.2, 0.25) is 0 Å². The first-order valence-corrected chi connectivity index (χ1v) is 5.23. The zero-order valence-electron chi connectivity index (χ0n) is 9.30. The fraction of sp³-hybridized carbons (Fsp3) is 0.778. The number of aliphatic hydroxyl groups is 3. The highest BCUT2D eigenvalue weighted by molar-refractivity contribution is 4.94. The van der Waals surface area contributed by atoms with E-state index in [0.29, 0.717) is 0 Å². The summed E-state index contributed by atoms with van der Waals surface area (Å²) in [5, 5.41) is 32.2. The molecule has 0 saturated carbocycles. The van der Waals surface area contributed by atoms with Gasteiger partial charge >= 0.3 is 6.01 Å². The summed E-state index contributed by atoms with van der Waals surface area (Å²) in [5.74, 6) is 0. The monoisotopic (exact) mass is 245 g/mol. The highest BCUT2D eigenvalue weighted by Crippen LogP contribution is 2.29. The number of ether oxygens (including phenoxy) is 2. The summed E-state index contributed by atoms with van der Waals surface area (Å²) in [6.07, 6.45) is -2.11. The smallest absolute Gasteiger partial charge is 0.316 e. The molecule has 0 aromatic carbocycles. The van der Waals surface area contributed by atoms with Gasteiger partial charge in [-0.1, -0.05) is 0 Å². The molecule has 96 valence electrons. The van der Waals surface area contributed by atoms with Gasteiger partial charge < -0.3 is 24.8 Å². The third-order valence-corrected chi connectivity index (χ3v) is 2.73. The molecule has 1 aromatic heterocycles. The van der Waals surface area contributed by atoms with Crippen molar-refractivity contribution >= 4 is 0 Å². The topological polar surface area (TPSA) is 110 Å². The number of nitrogens with zero attached hydrogens (tertiary/aromatic N) is 3. The average molecular weight is 245 g/mol. The van der Waals surface area contributed by atoms with Crippen molar-refractivity contribution < 1.29 is 24.8 Å². The summed E-state index contributed by atoms with van der Waals surface area (Å²) < 4.78 is 11.8. The van der Waals surface area contributed by atoms with Crippen LogP contribution >= 0.6 is 0 Å². The van der Waals surface area contributed by atoms with Crippen LogP contribution in [0.15, 0.2) is 6.33 Å². The molecule has 17 heavy (non-hydrogen) atoms. The first-order valence-electron chi connectivity index (χ1n) is 5.23. The SMILES string of the molecule is COc1ncnn1[C@@H]1C[C@@H](O)[C@H](O)[C@@H](CO)O1. The second-order valence-electron chi connectivity index (χ2n) is 3.80. The van der Waals surface area contributed by atoms with Crippen LogP contribution in [-0.2, 0) is 4.74 Å². The van der Waals surface area contributed by atoms with Crippen molar-refractivity contribution in [2.45, 2.75) is 31.0 Å². The molecule has 0 aliphatic carbocycles. The molecule has 0 bridgehead atoms. The first-order chi connectivity index (χ1) is 8.17. The third-order valence-electron chi connectivity index (χ3n) is 2.73. The maximum Gasteiger partial charge on any atom is 0.316 e. The molecule has 2 rings (SSSR count). The van der Waals surface area contributed by atoms with Crippen LogP contribution in [0.3, 0.4) is 0 Å². The van der Waals surface area contributed by atoms with Crippen molar-refractivity contribution in [3.05, 3.63) is 6.33 Å². The van der Waals surface area contributed by atoms with E-state index < -0.39 is 24.5 Å². The van der Waals surface area contributed by atoms with Crippen LogP contribution in [0.5, 0.6) is 6.01 Å².